The number of rotatable bonds is 0. The summed E-state index contributed by atoms with van der Waals surface area (Å²) in [5.74, 6) is -0.757. The monoisotopic (exact) mass is 236 g/mol. The molecule has 0 aliphatic carbocycles. The molecular weight excluding hydrogens is 220 g/mol. The number of fused-ring (bicyclic) bond motifs is 1. The van der Waals surface area contributed by atoms with E-state index in [1.807, 2.05) is 18.2 Å². The second-order valence-electron chi connectivity index (χ2n) is 4.79. The highest BCUT2D eigenvalue weighted by atomic mass is 16.7. The van der Waals surface area contributed by atoms with Crippen molar-refractivity contribution in [1.29, 1.82) is 0 Å². The fourth-order valence-electron chi connectivity index (χ4n) is 2.51. The van der Waals surface area contributed by atoms with Gasteiger partial charge in [0.05, 0.1) is 19.3 Å². The van der Waals surface area contributed by atoms with Crippen LogP contribution in [0.2, 0.25) is 0 Å². The van der Waals surface area contributed by atoms with E-state index < -0.39 is 18.0 Å². The molecule has 2 heterocycles. The van der Waals surface area contributed by atoms with Crippen molar-refractivity contribution >= 4 is 0 Å². The van der Waals surface area contributed by atoms with Gasteiger partial charge in [0.1, 0.15) is 6.10 Å². The minimum atomic E-state index is -0.804. The topological polar surface area (TPSA) is 58.9 Å². The minimum absolute atomic E-state index is 0.128. The predicted octanol–water partition coefficient (Wildman–Crippen LogP) is 0.598. The SMILES string of the molecule is O[C@@H]1CO[C@@]2(Cc3ccccc3CO2)C[C@@H]1O. The van der Waals surface area contributed by atoms with Crippen LogP contribution in [-0.4, -0.2) is 34.8 Å². The van der Waals surface area contributed by atoms with Crippen LogP contribution in [-0.2, 0) is 22.5 Å². The van der Waals surface area contributed by atoms with E-state index in [1.54, 1.807) is 0 Å². The zero-order valence-corrected chi connectivity index (χ0v) is 9.50. The molecule has 0 unspecified atom stereocenters. The van der Waals surface area contributed by atoms with Gasteiger partial charge in [0.15, 0.2) is 5.79 Å². The van der Waals surface area contributed by atoms with Gasteiger partial charge in [-0.3, -0.25) is 0 Å². The molecule has 1 fully saturated rings. The first-order valence-corrected chi connectivity index (χ1v) is 5.89. The maximum atomic E-state index is 9.73. The average molecular weight is 236 g/mol. The number of aliphatic hydroxyl groups excluding tert-OH is 2. The summed E-state index contributed by atoms with van der Waals surface area (Å²) in [6, 6.07) is 8.07. The van der Waals surface area contributed by atoms with Gasteiger partial charge in [-0.25, -0.2) is 0 Å². The fourth-order valence-corrected chi connectivity index (χ4v) is 2.51. The standard InChI is InChI=1S/C13H16O4/c14-11-6-13(17-8-12(11)15)5-9-3-1-2-4-10(9)7-16-13/h1-4,11-12,14-15H,5-8H2/t11-,12+,13-/m0/s1. The van der Waals surface area contributed by atoms with Gasteiger partial charge in [-0.2, -0.15) is 0 Å². The van der Waals surface area contributed by atoms with Gasteiger partial charge in [0, 0.05) is 12.8 Å². The molecule has 1 aromatic carbocycles. The van der Waals surface area contributed by atoms with Crippen LogP contribution in [0.1, 0.15) is 17.5 Å². The van der Waals surface area contributed by atoms with Crippen molar-refractivity contribution in [2.24, 2.45) is 0 Å². The molecule has 2 N–H and O–H groups in total. The molecule has 0 bridgehead atoms. The molecule has 1 spiro atoms. The van der Waals surface area contributed by atoms with E-state index in [9.17, 15) is 10.2 Å². The Kier molecular flexibility index (Phi) is 2.67. The van der Waals surface area contributed by atoms with E-state index in [0.29, 0.717) is 19.4 Å². The Balaban J connectivity index is 1.83. The van der Waals surface area contributed by atoms with Crippen LogP contribution in [0.25, 0.3) is 0 Å². The van der Waals surface area contributed by atoms with E-state index in [-0.39, 0.29) is 6.61 Å². The Hall–Kier alpha value is -0.940. The van der Waals surface area contributed by atoms with Gasteiger partial charge in [-0.05, 0) is 11.1 Å². The Morgan fingerprint density at radius 2 is 1.82 bits per heavy atom. The van der Waals surface area contributed by atoms with Crippen molar-refractivity contribution in [3.63, 3.8) is 0 Å². The van der Waals surface area contributed by atoms with Gasteiger partial charge in [0.25, 0.3) is 0 Å². The van der Waals surface area contributed by atoms with E-state index in [1.165, 1.54) is 11.1 Å². The molecule has 17 heavy (non-hydrogen) atoms. The summed E-state index contributed by atoms with van der Waals surface area (Å²) in [6.45, 7) is 0.627. The molecule has 4 heteroatoms. The zero-order chi connectivity index (χ0) is 11.9. The van der Waals surface area contributed by atoms with Crippen LogP contribution in [0.4, 0.5) is 0 Å². The lowest BCUT2D eigenvalue weighted by Gasteiger charge is -2.43. The Bertz CT molecular complexity index is 420. The Morgan fingerprint density at radius 1 is 1.06 bits per heavy atom. The normalized spacial score (nSPS) is 36.8. The van der Waals surface area contributed by atoms with Crippen LogP contribution in [0, 0.1) is 0 Å². The summed E-state index contributed by atoms with van der Waals surface area (Å²) in [5.41, 5.74) is 2.37. The van der Waals surface area contributed by atoms with E-state index >= 15 is 0 Å². The molecule has 2 aliphatic heterocycles. The predicted molar refractivity (Wildman–Crippen MR) is 60.2 cm³/mol. The summed E-state index contributed by atoms with van der Waals surface area (Å²) < 4.78 is 11.4. The van der Waals surface area contributed by atoms with Gasteiger partial charge in [-0.1, -0.05) is 24.3 Å². The third kappa shape index (κ3) is 1.98. The van der Waals surface area contributed by atoms with Crippen molar-refractivity contribution in [2.75, 3.05) is 6.61 Å². The lowest BCUT2D eigenvalue weighted by Crippen LogP contribution is -2.53. The molecule has 0 amide bonds. The molecule has 1 saturated heterocycles. The van der Waals surface area contributed by atoms with Gasteiger partial charge >= 0.3 is 0 Å². The first-order valence-electron chi connectivity index (χ1n) is 5.89. The molecular formula is C13H16O4. The number of aliphatic hydroxyl groups is 2. The first-order chi connectivity index (χ1) is 8.19. The fraction of sp³-hybridized carbons (Fsp3) is 0.538. The van der Waals surface area contributed by atoms with Crippen LogP contribution < -0.4 is 0 Å². The lowest BCUT2D eigenvalue weighted by atomic mass is 9.90. The zero-order valence-electron chi connectivity index (χ0n) is 9.50. The van der Waals surface area contributed by atoms with Crippen molar-refractivity contribution in [2.45, 2.75) is 37.4 Å². The Morgan fingerprint density at radius 3 is 2.59 bits per heavy atom. The quantitative estimate of drug-likeness (QED) is 0.692. The molecule has 0 radical (unpaired) electrons. The second kappa shape index (κ2) is 4.07. The first kappa shape index (κ1) is 11.2. The summed E-state index contributed by atoms with van der Waals surface area (Å²) in [4.78, 5) is 0. The largest absolute Gasteiger partial charge is 0.390 e. The smallest absolute Gasteiger partial charge is 0.175 e. The summed E-state index contributed by atoms with van der Waals surface area (Å²) in [7, 11) is 0. The van der Waals surface area contributed by atoms with E-state index in [2.05, 4.69) is 6.07 Å². The highest BCUT2D eigenvalue weighted by Gasteiger charge is 2.44. The summed E-state index contributed by atoms with van der Waals surface area (Å²) >= 11 is 0. The van der Waals surface area contributed by atoms with Crippen LogP contribution in [0.3, 0.4) is 0 Å². The maximum absolute atomic E-state index is 9.73. The molecule has 0 aromatic heterocycles. The van der Waals surface area contributed by atoms with Crippen LogP contribution in [0.5, 0.6) is 0 Å². The van der Waals surface area contributed by atoms with Crippen LogP contribution in [0.15, 0.2) is 24.3 Å². The molecule has 3 rings (SSSR count). The highest BCUT2D eigenvalue weighted by Crippen LogP contribution is 2.35. The summed E-state index contributed by atoms with van der Waals surface area (Å²) in [6.07, 6.45) is -0.620. The third-order valence-corrected chi connectivity index (χ3v) is 3.55. The minimum Gasteiger partial charge on any atom is -0.390 e. The van der Waals surface area contributed by atoms with Crippen molar-refractivity contribution < 1.29 is 19.7 Å². The maximum Gasteiger partial charge on any atom is 0.175 e. The van der Waals surface area contributed by atoms with E-state index in [0.717, 1.165) is 0 Å². The van der Waals surface area contributed by atoms with Gasteiger partial charge < -0.3 is 19.7 Å². The number of hydrogen-bond donors (Lipinski definition) is 2. The third-order valence-electron chi connectivity index (χ3n) is 3.55. The summed E-state index contributed by atoms with van der Waals surface area (Å²) in [5, 5.41) is 19.2. The molecule has 3 atom stereocenters. The molecule has 2 aliphatic rings. The second-order valence-corrected chi connectivity index (χ2v) is 4.79. The molecule has 1 aromatic rings. The molecule has 92 valence electrons. The number of ether oxygens (including phenoxy) is 2. The molecule has 0 saturated carbocycles. The molecule has 4 nitrogen and oxygen atoms in total. The van der Waals surface area contributed by atoms with Crippen LogP contribution >= 0.6 is 0 Å². The van der Waals surface area contributed by atoms with E-state index in [4.69, 9.17) is 9.47 Å². The number of benzene rings is 1. The lowest BCUT2D eigenvalue weighted by molar-refractivity contribution is -0.300. The number of hydrogen-bond acceptors (Lipinski definition) is 4. The van der Waals surface area contributed by atoms with Crippen molar-refractivity contribution in [3.8, 4) is 0 Å². The van der Waals surface area contributed by atoms with Crippen molar-refractivity contribution in [1.82, 2.24) is 0 Å². The average Bonchev–Trinajstić information content (AvgIpc) is 2.34. The van der Waals surface area contributed by atoms with Gasteiger partial charge in [0.2, 0.25) is 0 Å². The Labute approximate surface area is 99.8 Å². The highest BCUT2D eigenvalue weighted by molar-refractivity contribution is 5.29. The van der Waals surface area contributed by atoms with Crippen molar-refractivity contribution in [3.05, 3.63) is 35.4 Å². The van der Waals surface area contributed by atoms with Gasteiger partial charge in [-0.15, -0.1) is 0 Å².